The Labute approximate surface area is 117 Å². The molecule has 0 atom stereocenters. The third kappa shape index (κ3) is 4.90. The summed E-state index contributed by atoms with van der Waals surface area (Å²) in [5.41, 5.74) is 4.22. The molecule has 0 nitrogen and oxygen atoms in total. The molecular weight excluding hydrogens is 228 g/mol. The van der Waals surface area contributed by atoms with Crippen LogP contribution in [0.4, 0.5) is 0 Å². The van der Waals surface area contributed by atoms with E-state index < -0.39 is 0 Å². The summed E-state index contributed by atoms with van der Waals surface area (Å²) in [5.74, 6) is 0. The molecule has 0 N–H and O–H groups in total. The minimum atomic E-state index is 1.02. The quantitative estimate of drug-likeness (QED) is 0.593. The van der Waals surface area contributed by atoms with E-state index in [1.165, 1.54) is 48.8 Å². The Morgan fingerprint density at radius 3 is 2.05 bits per heavy atom. The first kappa shape index (κ1) is 13.9. The van der Waals surface area contributed by atoms with Gasteiger partial charge in [-0.1, -0.05) is 74.7 Å². The Balaban J connectivity index is 1.84. The third-order valence-corrected chi connectivity index (χ3v) is 3.54. The molecule has 2 aromatic carbocycles. The second-order valence-corrected chi connectivity index (χ2v) is 5.21. The average molecular weight is 251 g/mol. The van der Waals surface area contributed by atoms with Crippen LogP contribution in [0.5, 0.6) is 0 Å². The van der Waals surface area contributed by atoms with Crippen molar-refractivity contribution in [2.45, 2.75) is 45.4 Å². The summed E-state index contributed by atoms with van der Waals surface area (Å²) >= 11 is 0. The van der Waals surface area contributed by atoms with E-state index in [0.29, 0.717) is 0 Å². The maximum Gasteiger partial charge on any atom is -0.00258 e. The molecule has 0 aliphatic rings. The molecule has 1 radical (unpaired) electrons. The Hall–Kier alpha value is -1.56. The van der Waals surface area contributed by atoms with Crippen LogP contribution >= 0.6 is 0 Å². The van der Waals surface area contributed by atoms with Gasteiger partial charge in [0.2, 0.25) is 0 Å². The number of aryl methyl sites for hydroxylation is 1. The molecule has 0 aliphatic heterocycles. The summed E-state index contributed by atoms with van der Waals surface area (Å²) in [4.78, 5) is 0. The average Bonchev–Trinajstić information content (AvgIpc) is 2.46. The summed E-state index contributed by atoms with van der Waals surface area (Å²) in [5, 5.41) is 0. The summed E-state index contributed by atoms with van der Waals surface area (Å²) in [6.45, 7) is 2.26. The van der Waals surface area contributed by atoms with E-state index in [4.69, 9.17) is 0 Å². The van der Waals surface area contributed by atoms with Crippen molar-refractivity contribution in [1.82, 2.24) is 0 Å². The van der Waals surface area contributed by atoms with E-state index in [1.54, 1.807) is 0 Å². The first-order chi connectivity index (χ1) is 9.38. The lowest BCUT2D eigenvalue weighted by atomic mass is 10.0. The van der Waals surface area contributed by atoms with Crippen molar-refractivity contribution in [3.05, 3.63) is 71.3 Å². The first-order valence-electron chi connectivity index (χ1n) is 7.41. The van der Waals surface area contributed by atoms with Gasteiger partial charge in [0.25, 0.3) is 0 Å². The van der Waals surface area contributed by atoms with Crippen molar-refractivity contribution >= 4 is 0 Å². The lowest BCUT2D eigenvalue weighted by molar-refractivity contribution is 0.667. The normalized spacial score (nSPS) is 10.6. The van der Waals surface area contributed by atoms with E-state index >= 15 is 0 Å². The van der Waals surface area contributed by atoms with E-state index in [0.717, 1.165) is 6.42 Å². The molecule has 0 saturated heterocycles. The van der Waals surface area contributed by atoms with Crippen molar-refractivity contribution < 1.29 is 0 Å². The standard InChI is InChI=1S/C19H23/c1-2-3-4-6-9-17-12-14-19(15-13-17)16-18-10-7-5-8-11-18/h7-8,10-15H,2-4,6,9,16H2,1H3. The lowest BCUT2D eigenvalue weighted by Gasteiger charge is -2.05. The summed E-state index contributed by atoms with van der Waals surface area (Å²) in [6.07, 6.45) is 7.60. The monoisotopic (exact) mass is 251 g/mol. The molecular formula is C19H23. The van der Waals surface area contributed by atoms with Gasteiger partial charge in [-0.25, -0.2) is 0 Å². The van der Waals surface area contributed by atoms with Crippen LogP contribution in [0.3, 0.4) is 0 Å². The van der Waals surface area contributed by atoms with Gasteiger partial charge in [-0.3, -0.25) is 0 Å². The lowest BCUT2D eigenvalue weighted by Crippen LogP contribution is -1.90. The molecule has 2 rings (SSSR count). The highest BCUT2D eigenvalue weighted by Crippen LogP contribution is 2.13. The zero-order valence-corrected chi connectivity index (χ0v) is 11.9. The van der Waals surface area contributed by atoms with Crippen molar-refractivity contribution in [3.8, 4) is 0 Å². The highest BCUT2D eigenvalue weighted by Gasteiger charge is 1.97. The topological polar surface area (TPSA) is 0 Å². The van der Waals surface area contributed by atoms with E-state index in [1.807, 2.05) is 12.1 Å². The summed E-state index contributed by atoms with van der Waals surface area (Å²) in [6, 6.07) is 20.4. The van der Waals surface area contributed by atoms with Crippen LogP contribution in [0.25, 0.3) is 0 Å². The molecule has 0 bridgehead atoms. The van der Waals surface area contributed by atoms with E-state index in [-0.39, 0.29) is 0 Å². The second-order valence-electron chi connectivity index (χ2n) is 5.21. The zero-order chi connectivity index (χ0) is 13.3. The number of rotatable bonds is 7. The largest absolute Gasteiger partial charge is 0.0654 e. The van der Waals surface area contributed by atoms with Crippen LogP contribution in [-0.2, 0) is 12.8 Å². The zero-order valence-electron chi connectivity index (χ0n) is 11.9. The summed E-state index contributed by atoms with van der Waals surface area (Å²) in [7, 11) is 0. The fourth-order valence-electron chi connectivity index (χ4n) is 2.35. The van der Waals surface area contributed by atoms with Gasteiger partial charge in [0.05, 0.1) is 0 Å². The number of benzene rings is 2. The molecule has 99 valence electrons. The Morgan fingerprint density at radius 1 is 0.737 bits per heavy atom. The van der Waals surface area contributed by atoms with Gasteiger partial charge in [-0.05, 0) is 42.0 Å². The molecule has 0 amide bonds. The Bertz CT molecular complexity index is 453. The number of hydrogen-bond acceptors (Lipinski definition) is 0. The van der Waals surface area contributed by atoms with Crippen molar-refractivity contribution in [3.63, 3.8) is 0 Å². The number of unbranched alkanes of at least 4 members (excludes halogenated alkanes) is 3. The third-order valence-electron chi connectivity index (χ3n) is 3.54. The first-order valence-corrected chi connectivity index (χ1v) is 7.41. The molecule has 0 aliphatic carbocycles. The molecule has 0 unspecified atom stereocenters. The summed E-state index contributed by atoms with van der Waals surface area (Å²) < 4.78 is 0. The van der Waals surface area contributed by atoms with Crippen LogP contribution in [0.1, 0.15) is 49.3 Å². The molecule has 0 spiro atoms. The predicted octanol–water partition coefficient (Wildman–Crippen LogP) is 5.20. The van der Waals surface area contributed by atoms with Crippen molar-refractivity contribution in [1.29, 1.82) is 0 Å². The smallest absolute Gasteiger partial charge is 0.00258 e. The van der Waals surface area contributed by atoms with Crippen LogP contribution in [0, 0.1) is 6.07 Å². The van der Waals surface area contributed by atoms with Gasteiger partial charge >= 0.3 is 0 Å². The van der Waals surface area contributed by atoms with Crippen LogP contribution in [-0.4, -0.2) is 0 Å². The van der Waals surface area contributed by atoms with Gasteiger partial charge in [0.15, 0.2) is 0 Å². The van der Waals surface area contributed by atoms with Crippen molar-refractivity contribution in [2.75, 3.05) is 0 Å². The van der Waals surface area contributed by atoms with Gasteiger partial charge in [0.1, 0.15) is 0 Å². The van der Waals surface area contributed by atoms with Gasteiger partial charge in [-0.15, -0.1) is 0 Å². The van der Waals surface area contributed by atoms with Gasteiger partial charge in [0, 0.05) is 0 Å². The SMILES string of the molecule is CCCCCCc1ccc(Cc2cc[c]cc2)cc1. The fraction of sp³-hybridized carbons (Fsp3) is 0.368. The minimum Gasteiger partial charge on any atom is -0.0654 e. The van der Waals surface area contributed by atoms with Crippen molar-refractivity contribution in [2.24, 2.45) is 0 Å². The maximum absolute atomic E-state index is 3.06. The Morgan fingerprint density at radius 2 is 1.37 bits per heavy atom. The van der Waals surface area contributed by atoms with Gasteiger partial charge < -0.3 is 0 Å². The maximum atomic E-state index is 3.06. The predicted molar refractivity (Wildman–Crippen MR) is 82.4 cm³/mol. The molecule has 19 heavy (non-hydrogen) atoms. The van der Waals surface area contributed by atoms with Crippen LogP contribution < -0.4 is 0 Å². The minimum absolute atomic E-state index is 1.02. The highest BCUT2D eigenvalue weighted by atomic mass is 14.0. The second kappa shape index (κ2) is 7.78. The highest BCUT2D eigenvalue weighted by molar-refractivity contribution is 5.28. The molecule has 0 heteroatoms. The van der Waals surface area contributed by atoms with Gasteiger partial charge in [-0.2, -0.15) is 0 Å². The molecule has 2 aromatic rings. The van der Waals surface area contributed by atoms with Crippen LogP contribution in [0.2, 0.25) is 0 Å². The van der Waals surface area contributed by atoms with Crippen LogP contribution in [0.15, 0.2) is 48.5 Å². The van der Waals surface area contributed by atoms with E-state index in [9.17, 15) is 0 Å². The molecule has 0 heterocycles. The number of hydrogen-bond donors (Lipinski definition) is 0. The molecule has 0 aromatic heterocycles. The van der Waals surface area contributed by atoms with E-state index in [2.05, 4.69) is 49.4 Å². The molecule has 0 fully saturated rings. The fourth-order valence-corrected chi connectivity index (χ4v) is 2.35. The molecule has 0 saturated carbocycles. The Kier molecular flexibility index (Phi) is 5.68.